The number of rotatable bonds is 2. The molecule has 2 aliphatic carbocycles. The zero-order valence-electron chi connectivity index (χ0n) is 19.4. The fourth-order valence-corrected chi connectivity index (χ4v) is 7.05. The first-order valence-electron chi connectivity index (χ1n) is 12.1. The number of fused-ring (bicyclic) bond motifs is 6. The molecule has 166 valence electrons. The van der Waals surface area contributed by atoms with E-state index < -0.39 is 0 Å². The van der Waals surface area contributed by atoms with Crippen molar-refractivity contribution in [2.75, 3.05) is 0 Å². The topological polar surface area (TPSA) is 9.23 Å². The number of aryl methyl sites for hydroxylation is 2. The molecule has 0 saturated heterocycles. The molecule has 2 aliphatic heterocycles. The molecule has 7 rings (SSSR count). The molecule has 4 atom stereocenters. The second-order valence-corrected chi connectivity index (χ2v) is 11.0. The second kappa shape index (κ2) is 7.65. The summed E-state index contributed by atoms with van der Waals surface area (Å²) >= 11 is 2.00. The molecule has 2 heterocycles. The van der Waals surface area contributed by atoms with Crippen LogP contribution < -0.4 is 4.74 Å². The van der Waals surface area contributed by atoms with Gasteiger partial charge in [-0.15, -0.1) is 11.8 Å². The van der Waals surface area contributed by atoms with Gasteiger partial charge in [0.1, 0.15) is 11.9 Å². The molecule has 0 fully saturated rings. The highest BCUT2D eigenvalue weighted by Crippen LogP contribution is 2.52. The van der Waals surface area contributed by atoms with Crippen LogP contribution in [0.15, 0.2) is 113 Å². The Balaban J connectivity index is 1.34. The van der Waals surface area contributed by atoms with Crippen molar-refractivity contribution in [2.45, 2.75) is 41.9 Å². The largest absolute Gasteiger partial charge is 0.484 e. The number of benzene rings is 3. The van der Waals surface area contributed by atoms with E-state index in [2.05, 4.69) is 111 Å². The molecule has 0 bridgehead atoms. The van der Waals surface area contributed by atoms with E-state index in [0.717, 1.165) is 5.75 Å². The van der Waals surface area contributed by atoms with Crippen molar-refractivity contribution in [3.05, 3.63) is 136 Å². The van der Waals surface area contributed by atoms with Gasteiger partial charge in [0, 0.05) is 33.1 Å². The SMILES string of the molecule is Cc1ccc(C2=CC(C3=CC4c5cc(C)ccc5SC4C=C3)=CC3c4ccccc4OC23)cc1. The lowest BCUT2D eigenvalue weighted by atomic mass is 9.78. The van der Waals surface area contributed by atoms with Crippen LogP contribution in [0.3, 0.4) is 0 Å². The van der Waals surface area contributed by atoms with Crippen LogP contribution in [0.1, 0.15) is 39.7 Å². The Hall–Kier alpha value is -3.23. The summed E-state index contributed by atoms with van der Waals surface area (Å²) in [6.07, 6.45) is 12.1. The first kappa shape index (κ1) is 20.2. The first-order valence-corrected chi connectivity index (χ1v) is 13.0. The van der Waals surface area contributed by atoms with E-state index in [1.54, 1.807) is 0 Å². The monoisotopic (exact) mass is 458 g/mol. The van der Waals surface area contributed by atoms with Gasteiger partial charge in [0.2, 0.25) is 0 Å². The maximum absolute atomic E-state index is 6.52. The number of hydrogen-bond acceptors (Lipinski definition) is 2. The number of allylic oxidation sites excluding steroid dienone is 5. The average Bonchev–Trinajstić information content (AvgIpc) is 3.41. The molecule has 0 N–H and O–H groups in total. The Labute approximate surface area is 205 Å². The van der Waals surface area contributed by atoms with Crippen molar-refractivity contribution >= 4 is 17.3 Å². The minimum Gasteiger partial charge on any atom is -0.484 e. The Morgan fingerprint density at radius 3 is 2.44 bits per heavy atom. The van der Waals surface area contributed by atoms with Gasteiger partial charge in [0.25, 0.3) is 0 Å². The van der Waals surface area contributed by atoms with Crippen LogP contribution in [-0.2, 0) is 0 Å². The lowest BCUT2D eigenvalue weighted by molar-refractivity contribution is 0.278. The molecule has 0 radical (unpaired) electrons. The molecule has 3 aromatic rings. The summed E-state index contributed by atoms with van der Waals surface area (Å²) in [4.78, 5) is 1.43. The van der Waals surface area contributed by atoms with Crippen molar-refractivity contribution in [1.82, 2.24) is 0 Å². The van der Waals surface area contributed by atoms with Gasteiger partial charge >= 0.3 is 0 Å². The van der Waals surface area contributed by atoms with Crippen LogP contribution in [0.2, 0.25) is 0 Å². The van der Waals surface area contributed by atoms with Gasteiger partial charge in [-0.1, -0.05) is 90.0 Å². The molecule has 0 saturated carbocycles. The van der Waals surface area contributed by atoms with Gasteiger partial charge < -0.3 is 4.74 Å². The molecule has 4 unspecified atom stereocenters. The van der Waals surface area contributed by atoms with E-state index in [9.17, 15) is 0 Å². The first-order chi connectivity index (χ1) is 16.6. The second-order valence-electron chi connectivity index (χ2n) is 9.82. The minimum atomic E-state index is 0.0233. The van der Waals surface area contributed by atoms with E-state index in [1.165, 1.54) is 49.4 Å². The minimum absolute atomic E-state index is 0.0233. The van der Waals surface area contributed by atoms with Crippen LogP contribution in [0.25, 0.3) is 5.57 Å². The Bertz CT molecular complexity index is 1440. The maximum Gasteiger partial charge on any atom is 0.135 e. The van der Waals surface area contributed by atoms with E-state index in [1.807, 2.05) is 11.8 Å². The van der Waals surface area contributed by atoms with E-state index >= 15 is 0 Å². The van der Waals surface area contributed by atoms with Gasteiger partial charge in [-0.05, 0) is 54.3 Å². The molecule has 0 spiro atoms. The highest BCUT2D eigenvalue weighted by Gasteiger charge is 2.39. The summed E-state index contributed by atoms with van der Waals surface area (Å²) in [6, 6.07) is 24.3. The third-order valence-electron chi connectivity index (χ3n) is 7.52. The average molecular weight is 459 g/mol. The molecule has 0 amide bonds. The van der Waals surface area contributed by atoms with Gasteiger partial charge in [0.15, 0.2) is 0 Å². The zero-order chi connectivity index (χ0) is 22.8. The third kappa shape index (κ3) is 3.16. The molecule has 34 heavy (non-hydrogen) atoms. The van der Waals surface area contributed by atoms with Crippen molar-refractivity contribution in [3.63, 3.8) is 0 Å². The zero-order valence-corrected chi connectivity index (χ0v) is 20.2. The number of hydrogen-bond donors (Lipinski definition) is 0. The summed E-state index contributed by atoms with van der Waals surface area (Å²) in [5, 5.41) is 0.494. The van der Waals surface area contributed by atoms with Crippen molar-refractivity contribution < 1.29 is 4.74 Å². The summed E-state index contributed by atoms with van der Waals surface area (Å²) in [7, 11) is 0. The van der Waals surface area contributed by atoms with Gasteiger partial charge in [-0.2, -0.15) is 0 Å². The molecule has 3 aromatic carbocycles. The van der Waals surface area contributed by atoms with Crippen LogP contribution in [0, 0.1) is 13.8 Å². The number of para-hydroxylation sites is 1. The molecule has 1 nitrogen and oxygen atoms in total. The van der Waals surface area contributed by atoms with Crippen molar-refractivity contribution in [2.24, 2.45) is 0 Å². The van der Waals surface area contributed by atoms with Crippen LogP contribution in [0.5, 0.6) is 5.75 Å². The summed E-state index contributed by atoms with van der Waals surface area (Å²) in [5.41, 5.74) is 10.5. The lowest BCUT2D eigenvalue weighted by Gasteiger charge is -2.28. The molecular weight excluding hydrogens is 432 g/mol. The van der Waals surface area contributed by atoms with E-state index in [-0.39, 0.29) is 12.0 Å². The molecule has 2 heteroatoms. The predicted molar refractivity (Wildman–Crippen MR) is 142 cm³/mol. The van der Waals surface area contributed by atoms with Crippen LogP contribution in [0.4, 0.5) is 0 Å². The maximum atomic E-state index is 6.52. The predicted octanol–water partition coefficient (Wildman–Crippen LogP) is 7.93. The Morgan fingerprint density at radius 1 is 0.765 bits per heavy atom. The van der Waals surface area contributed by atoms with E-state index in [0.29, 0.717) is 11.2 Å². The normalized spacial score (nSPS) is 25.9. The van der Waals surface area contributed by atoms with Gasteiger partial charge in [0.05, 0.1) is 0 Å². The number of thioether (sulfide) groups is 1. The fourth-order valence-electron chi connectivity index (χ4n) is 5.75. The van der Waals surface area contributed by atoms with Gasteiger partial charge in [-0.3, -0.25) is 0 Å². The van der Waals surface area contributed by atoms with Crippen LogP contribution in [-0.4, -0.2) is 11.4 Å². The highest BCUT2D eigenvalue weighted by molar-refractivity contribution is 8.00. The molecule has 0 aromatic heterocycles. The quantitative estimate of drug-likeness (QED) is 0.386. The van der Waals surface area contributed by atoms with Crippen molar-refractivity contribution in [3.8, 4) is 5.75 Å². The fraction of sp³-hybridized carbons (Fsp3) is 0.188. The summed E-state index contributed by atoms with van der Waals surface area (Å²) in [5.74, 6) is 1.67. The summed E-state index contributed by atoms with van der Waals surface area (Å²) < 4.78 is 6.52. The highest BCUT2D eigenvalue weighted by atomic mass is 32.2. The molecular formula is C32H26OS. The number of ether oxygens (including phenoxy) is 1. The molecule has 4 aliphatic rings. The summed E-state index contributed by atoms with van der Waals surface area (Å²) in [6.45, 7) is 4.34. The lowest BCUT2D eigenvalue weighted by Crippen LogP contribution is -2.23. The van der Waals surface area contributed by atoms with Crippen LogP contribution >= 0.6 is 11.8 Å². The Kier molecular flexibility index (Phi) is 4.54. The third-order valence-corrected chi connectivity index (χ3v) is 8.87. The van der Waals surface area contributed by atoms with Gasteiger partial charge in [-0.25, -0.2) is 0 Å². The van der Waals surface area contributed by atoms with E-state index in [4.69, 9.17) is 4.74 Å². The standard InChI is InChI=1S/C32H26OS/c1-19-7-10-21(11-8-19)25-17-23(18-28-24-5-3-4-6-29(24)33-32(25)28)22-12-14-31-27(16-22)26-15-20(2)9-13-30(26)34-31/h3-18,27-28,31-32H,1-2H3. The van der Waals surface area contributed by atoms with Crippen molar-refractivity contribution in [1.29, 1.82) is 0 Å². The Morgan fingerprint density at radius 2 is 1.56 bits per heavy atom. The smallest absolute Gasteiger partial charge is 0.135 e.